The smallest absolute Gasteiger partial charge is 0.370 e. The monoisotopic (exact) mass is 454 g/mol. The van der Waals surface area contributed by atoms with Crippen LogP contribution in [0.15, 0.2) is 18.2 Å². The molecule has 0 aromatic heterocycles. The third kappa shape index (κ3) is 6.60. The van der Waals surface area contributed by atoms with Gasteiger partial charge in [-0.1, -0.05) is 13.8 Å². The van der Waals surface area contributed by atoms with Crippen LogP contribution in [-0.4, -0.2) is 55.5 Å². The van der Waals surface area contributed by atoms with Crippen LogP contribution >= 0.6 is 0 Å². The molecule has 0 aliphatic carbocycles. The summed E-state index contributed by atoms with van der Waals surface area (Å²) in [5.74, 6) is -0.372. The molecule has 2 heterocycles. The van der Waals surface area contributed by atoms with Crippen molar-refractivity contribution in [1.29, 1.82) is 0 Å². The first-order valence-electron chi connectivity index (χ1n) is 11.4. The van der Waals surface area contributed by atoms with E-state index >= 15 is 0 Å². The molecule has 0 radical (unpaired) electrons. The van der Waals surface area contributed by atoms with Crippen LogP contribution in [0, 0.1) is 5.92 Å². The minimum absolute atomic E-state index is 0.0241. The Morgan fingerprint density at radius 1 is 1.06 bits per heavy atom. The molecule has 2 aliphatic heterocycles. The van der Waals surface area contributed by atoms with Crippen molar-refractivity contribution >= 4 is 23.2 Å². The maximum atomic E-state index is 13.3. The third-order valence-electron chi connectivity index (χ3n) is 6.12. The van der Waals surface area contributed by atoms with Crippen molar-refractivity contribution in [2.45, 2.75) is 58.2 Å². The van der Waals surface area contributed by atoms with Crippen LogP contribution < -0.4 is 15.5 Å². The summed E-state index contributed by atoms with van der Waals surface area (Å²) >= 11 is 0. The van der Waals surface area contributed by atoms with E-state index in [-0.39, 0.29) is 36.0 Å². The fourth-order valence-corrected chi connectivity index (χ4v) is 4.22. The van der Waals surface area contributed by atoms with Crippen molar-refractivity contribution in [1.82, 2.24) is 10.2 Å². The summed E-state index contributed by atoms with van der Waals surface area (Å²) in [6.45, 7) is 6.64. The first-order chi connectivity index (χ1) is 15.1. The maximum Gasteiger partial charge on any atom is 0.416 e. The summed E-state index contributed by atoms with van der Waals surface area (Å²) in [6.07, 6.45) is 0.0880. The van der Waals surface area contributed by atoms with Crippen LogP contribution in [0.25, 0.3) is 0 Å². The largest absolute Gasteiger partial charge is 0.416 e. The minimum atomic E-state index is -4.47. The summed E-state index contributed by atoms with van der Waals surface area (Å²) in [5, 5.41) is 5.75. The van der Waals surface area contributed by atoms with Gasteiger partial charge in [0.25, 0.3) is 0 Å². The average Bonchev–Trinajstić information content (AvgIpc) is 2.75. The topological polar surface area (TPSA) is 64.7 Å². The quantitative estimate of drug-likeness (QED) is 0.685. The Labute approximate surface area is 187 Å². The highest BCUT2D eigenvalue weighted by atomic mass is 19.4. The number of hydrogen-bond donors (Lipinski definition) is 2. The van der Waals surface area contributed by atoms with Gasteiger partial charge in [-0.15, -0.1) is 0 Å². The lowest BCUT2D eigenvalue weighted by Crippen LogP contribution is -2.47. The summed E-state index contributed by atoms with van der Waals surface area (Å²) in [4.78, 5) is 28.6. The van der Waals surface area contributed by atoms with Crippen LogP contribution in [0.5, 0.6) is 0 Å². The van der Waals surface area contributed by atoms with Gasteiger partial charge in [-0.25, -0.2) is 0 Å². The number of likely N-dealkylation sites (tertiary alicyclic amines) is 1. The molecule has 2 aliphatic rings. The van der Waals surface area contributed by atoms with Crippen LogP contribution in [0.3, 0.4) is 0 Å². The SMILES string of the molecule is CC(C)C(=O)NC1CCN(CC(=O)Nc2cc(C(F)(F)F)ccc2N2CCCCC2)CC1. The highest BCUT2D eigenvalue weighted by Crippen LogP contribution is 2.36. The van der Waals surface area contributed by atoms with Crippen molar-refractivity contribution in [3.8, 4) is 0 Å². The van der Waals surface area contributed by atoms with E-state index in [9.17, 15) is 22.8 Å². The molecule has 1 aromatic carbocycles. The molecule has 1 aromatic rings. The molecule has 0 atom stereocenters. The van der Waals surface area contributed by atoms with Gasteiger partial charge in [0.2, 0.25) is 11.8 Å². The molecule has 0 unspecified atom stereocenters. The van der Waals surface area contributed by atoms with Crippen LogP contribution in [0.4, 0.5) is 24.5 Å². The van der Waals surface area contributed by atoms with Crippen molar-refractivity contribution in [3.63, 3.8) is 0 Å². The lowest BCUT2D eigenvalue weighted by atomic mass is 10.0. The zero-order valence-corrected chi connectivity index (χ0v) is 18.8. The number of halogens is 3. The van der Waals surface area contributed by atoms with Crippen molar-refractivity contribution in [2.75, 3.05) is 42.9 Å². The predicted molar refractivity (Wildman–Crippen MR) is 119 cm³/mol. The number of amides is 2. The van der Waals surface area contributed by atoms with Gasteiger partial charge in [0.05, 0.1) is 23.5 Å². The predicted octanol–water partition coefficient (Wildman–Crippen LogP) is 3.87. The Morgan fingerprint density at radius 2 is 1.72 bits per heavy atom. The fraction of sp³-hybridized carbons (Fsp3) is 0.652. The second-order valence-corrected chi connectivity index (χ2v) is 9.04. The zero-order valence-electron chi connectivity index (χ0n) is 18.8. The molecule has 9 heteroatoms. The Balaban J connectivity index is 1.62. The number of nitrogens with zero attached hydrogens (tertiary/aromatic N) is 2. The Morgan fingerprint density at radius 3 is 2.31 bits per heavy atom. The van der Waals surface area contributed by atoms with Crippen LogP contribution in [0.1, 0.15) is 51.5 Å². The molecule has 2 N–H and O–H groups in total. The molecule has 0 saturated carbocycles. The first kappa shape index (κ1) is 24.4. The fourth-order valence-electron chi connectivity index (χ4n) is 4.22. The van der Waals surface area contributed by atoms with Crippen molar-refractivity contribution in [3.05, 3.63) is 23.8 Å². The lowest BCUT2D eigenvalue weighted by molar-refractivity contribution is -0.137. The van der Waals surface area contributed by atoms with E-state index in [1.54, 1.807) is 0 Å². The summed E-state index contributed by atoms with van der Waals surface area (Å²) < 4.78 is 39.8. The van der Waals surface area contributed by atoms with Crippen molar-refractivity contribution < 1.29 is 22.8 Å². The first-order valence-corrected chi connectivity index (χ1v) is 11.4. The third-order valence-corrected chi connectivity index (χ3v) is 6.12. The van der Waals surface area contributed by atoms with E-state index in [0.29, 0.717) is 18.8 Å². The summed E-state index contributed by atoms with van der Waals surface area (Å²) in [5.41, 5.74) is 0.0854. The average molecular weight is 455 g/mol. The lowest BCUT2D eigenvalue weighted by Gasteiger charge is -2.33. The molecule has 32 heavy (non-hydrogen) atoms. The van der Waals surface area contributed by atoms with E-state index in [1.807, 2.05) is 23.6 Å². The van der Waals surface area contributed by atoms with Gasteiger partial charge < -0.3 is 15.5 Å². The number of piperidine rings is 2. The Bertz CT molecular complexity index is 799. The van der Waals surface area contributed by atoms with Gasteiger partial charge in [-0.2, -0.15) is 13.2 Å². The molecule has 2 saturated heterocycles. The zero-order chi connectivity index (χ0) is 23.3. The van der Waals surface area contributed by atoms with Crippen LogP contribution in [0.2, 0.25) is 0 Å². The maximum absolute atomic E-state index is 13.3. The molecular weight excluding hydrogens is 421 g/mol. The summed E-state index contributed by atoms with van der Waals surface area (Å²) in [7, 11) is 0. The van der Waals surface area contributed by atoms with Gasteiger partial charge in [0.1, 0.15) is 0 Å². The molecule has 0 bridgehead atoms. The minimum Gasteiger partial charge on any atom is -0.370 e. The number of alkyl halides is 3. The van der Waals surface area contributed by atoms with E-state index in [2.05, 4.69) is 10.6 Å². The number of benzene rings is 1. The molecule has 3 rings (SSSR count). The van der Waals surface area contributed by atoms with E-state index in [4.69, 9.17) is 0 Å². The molecule has 6 nitrogen and oxygen atoms in total. The second kappa shape index (κ2) is 10.6. The van der Waals surface area contributed by atoms with Crippen LogP contribution in [-0.2, 0) is 15.8 Å². The normalized spacial score (nSPS) is 18.6. The molecule has 2 amide bonds. The van der Waals surface area contributed by atoms with Gasteiger partial charge in [-0.05, 0) is 50.3 Å². The van der Waals surface area contributed by atoms with E-state index < -0.39 is 11.7 Å². The number of rotatable bonds is 6. The highest BCUT2D eigenvalue weighted by molar-refractivity contribution is 5.96. The van der Waals surface area contributed by atoms with E-state index in [1.165, 1.54) is 6.07 Å². The number of hydrogen-bond acceptors (Lipinski definition) is 4. The van der Waals surface area contributed by atoms with Gasteiger partial charge >= 0.3 is 6.18 Å². The highest BCUT2D eigenvalue weighted by Gasteiger charge is 2.32. The van der Waals surface area contributed by atoms with E-state index in [0.717, 1.165) is 57.3 Å². The molecule has 0 spiro atoms. The number of carbonyl (C=O) groups excluding carboxylic acids is 2. The molecular formula is C23H33F3N4O2. The van der Waals surface area contributed by atoms with Gasteiger partial charge in [0.15, 0.2) is 0 Å². The van der Waals surface area contributed by atoms with Crippen molar-refractivity contribution in [2.24, 2.45) is 5.92 Å². The Kier molecular flexibility index (Phi) is 8.03. The molecule has 178 valence electrons. The second-order valence-electron chi connectivity index (χ2n) is 9.04. The number of nitrogens with one attached hydrogen (secondary N) is 2. The van der Waals surface area contributed by atoms with Gasteiger partial charge in [0, 0.05) is 38.1 Å². The molecule has 2 fully saturated rings. The number of anilines is 2. The Hall–Kier alpha value is -2.29. The summed E-state index contributed by atoms with van der Waals surface area (Å²) in [6, 6.07) is 3.68. The number of carbonyl (C=O) groups is 2. The van der Waals surface area contributed by atoms with Gasteiger partial charge in [-0.3, -0.25) is 14.5 Å². The standard InChI is InChI=1S/C23H33F3N4O2/c1-16(2)22(32)27-18-8-12-29(13-9-18)15-21(31)28-19-14-17(23(24,25)26)6-7-20(19)30-10-4-3-5-11-30/h6-7,14,16,18H,3-5,8-13,15H2,1-2H3,(H,27,32)(H,28,31).